The molecule has 0 bridgehead atoms. The number of amides is 1. The van der Waals surface area contributed by atoms with Crippen LogP contribution in [-0.4, -0.2) is 37.6 Å². The van der Waals surface area contributed by atoms with E-state index in [0.29, 0.717) is 6.54 Å². The Labute approximate surface area is 140 Å². The maximum Gasteiger partial charge on any atom is 0.223 e. The lowest BCUT2D eigenvalue weighted by Gasteiger charge is -2.31. The van der Waals surface area contributed by atoms with Gasteiger partial charge in [-0.25, -0.2) is 0 Å². The molecule has 1 N–H and O–H groups in total. The quantitative estimate of drug-likeness (QED) is 0.799. The Morgan fingerprint density at radius 1 is 1.30 bits per heavy atom. The second-order valence-corrected chi connectivity index (χ2v) is 6.24. The van der Waals surface area contributed by atoms with Crippen molar-refractivity contribution in [3.8, 4) is 5.75 Å². The highest BCUT2D eigenvalue weighted by molar-refractivity contribution is 5.78. The number of nitrogens with zero attached hydrogens (tertiary/aromatic N) is 1. The smallest absolute Gasteiger partial charge is 0.223 e. The minimum Gasteiger partial charge on any atom is -0.497 e. The Morgan fingerprint density at radius 3 is 2.61 bits per heavy atom. The fraction of sp³-hybridized carbons (Fsp3) is 0.632. The van der Waals surface area contributed by atoms with Crippen LogP contribution in [-0.2, 0) is 4.79 Å². The average molecular weight is 318 g/mol. The molecule has 0 saturated heterocycles. The predicted octanol–water partition coefficient (Wildman–Crippen LogP) is 3.38. The summed E-state index contributed by atoms with van der Waals surface area (Å²) in [4.78, 5) is 14.7. The minimum atomic E-state index is 0.186. The van der Waals surface area contributed by atoms with Crippen LogP contribution in [0.5, 0.6) is 5.75 Å². The van der Waals surface area contributed by atoms with E-state index in [1.165, 1.54) is 18.4 Å². The molecule has 1 aliphatic rings. The minimum absolute atomic E-state index is 0.186. The lowest BCUT2D eigenvalue weighted by molar-refractivity contribution is -0.125. The molecule has 1 aromatic rings. The van der Waals surface area contributed by atoms with Crippen LogP contribution in [0, 0.1) is 5.92 Å². The maximum atomic E-state index is 12.3. The van der Waals surface area contributed by atoms with E-state index in [0.717, 1.165) is 31.7 Å². The molecule has 1 aliphatic carbocycles. The molecule has 1 aromatic carbocycles. The van der Waals surface area contributed by atoms with Gasteiger partial charge in [-0.2, -0.15) is 0 Å². The summed E-state index contributed by atoms with van der Waals surface area (Å²) in [5, 5.41) is 3.19. The van der Waals surface area contributed by atoms with Crippen molar-refractivity contribution in [1.29, 1.82) is 0 Å². The highest BCUT2D eigenvalue weighted by Crippen LogP contribution is 2.26. The third-order valence-corrected chi connectivity index (χ3v) is 4.93. The molecule has 1 amide bonds. The summed E-state index contributed by atoms with van der Waals surface area (Å²) < 4.78 is 5.35. The van der Waals surface area contributed by atoms with Crippen LogP contribution in [0.15, 0.2) is 24.3 Å². The van der Waals surface area contributed by atoms with E-state index in [-0.39, 0.29) is 17.9 Å². The van der Waals surface area contributed by atoms with Gasteiger partial charge in [-0.1, -0.05) is 38.8 Å². The largest absolute Gasteiger partial charge is 0.497 e. The van der Waals surface area contributed by atoms with Crippen molar-refractivity contribution in [2.24, 2.45) is 5.92 Å². The first kappa shape index (κ1) is 17.8. The zero-order chi connectivity index (χ0) is 16.7. The number of rotatable bonds is 8. The van der Waals surface area contributed by atoms with E-state index < -0.39 is 0 Å². The topological polar surface area (TPSA) is 41.6 Å². The van der Waals surface area contributed by atoms with Crippen molar-refractivity contribution in [1.82, 2.24) is 10.2 Å². The Bertz CT molecular complexity index is 494. The monoisotopic (exact) mass is 318 g/mol. The van der Waals surface area contributed by atoms with Gasteiger partial charge in [0.25, 0.3) is 0 Å². The fourth-order valence-electron chi connectivity index (χ4n) is 3.50. The van der Waals surface area contributed by atoms with E-state index in [1.54, 1.807) is 7.11 Å². The first-order chi connectivity index (χ1) is 11.2. The van der Waals surface area contributed by atoms with Crippen molar-refractivity contribution in [3.63, 3.8) is 0 Å². The van der Waals surface area contributed by atoms with Crippen LogP contribution in [0.2, 0.25) is 0 Å². The molecule has 0 heterocycles. The molecule has 4 nitrogen and oxygen atoms in total. The predicted molar refractivity (Wildman–Crippen MR) is 93.6 cm³/mol. The van der Waals surface area contributed by atoms with Crippen LogP contribution in [0.4, 0.5) is 0 Å². The summed E-state index contributed by atoms with van der Waals surface area (Å²) in [5.41, 5.74) is 1.19. The van der Waals surface area contributed by atoms with Gasteiger partial charge in [0.05, 0.1) is 13.2 Å². The maximum absolute atomic E-state index is 12.3. The van der Waals surface area contributed by atoms with Gasteiger partial charge >= 0.3 is 0 Å². The molecular formula is C19H30N2O2. The van der Waals surface area contributed by atoms with Gasteiger partial charge < -0.3 is 10.1 Å². The summed E-state index contributed by atoms with van der Waals surface area (Å²) >= 11 is 0. The van der Waals surface area contributed by atoms with Crippen molar-refractivity contribution >= 4 is 5.91 Å². The van der Waals surface area contributed by atoms with E-state index >= 15 is 0 Å². The summed E-state index contributed by atoms with van der Waals surface area (Å²) in [6.07, 6.45) is 4.46. The molecule has 4 heteroatoms. The SMILES string of the molecule is CCN(CC)C(CNC(=O)C1CCCC1)c1cccc(OC)c1. The first-order valence-corrected chi connectivity index (χ1v) is 8.85. The number of ether oxygens (including phenoxy) is 1. The lowest BCUT2D eigenvalue weighted by Crippen LogP contribution is -2.39. The third kappa shape index (κ3) is 4.71. The van der Waals surface area contributed by atoms with E-state index in [2.05, 4.69) is 36.2 Å². The molecule has 0 aliphatic heterocycles. The molecule has 1 atom stereocenters. The van der Waals surface area contributed by atoms with Crippen molar-refractivity contribution in [2.75, 3.05) is 26.7 Å². The third-order valence-electron chi connectivity index (χ3n) is 4.93. The first-order valence-electron chi connectivity index (χ1n) is 8.85. The van der Waals surface area contributed by atoms with Crippen molar-refractivity contribution in [3.05, 3.63) is 29.8 Å². The Hall–Kier alpha value is -1.55. The number of hydrogen-bond acceptors (Lipinski definition) is 3. The van der Waals surface area contributed by atoms with Gasteiger partial charge in [-0.05, 0) is 43.6 Å². The highest BCUT2D eigenvalue weighted by atomic mass is 16.5. The van der Waals surface area contributed by atoms with Gasteiger partial charge in [-0.15, -0.1) is 0 Å². The summed E-state index contributed by atoms with van der Waals surface area (Å²) in [7, 11) is 1.69. The number of nitrogens with one attached hydrogen (secondary N) is 1. The van der Waals surface area contributed by atoms with Crippen LogP contribution in [0.25, 0.3) is 0 Å². The fourth-order valence-corrected chi connectivity index (χ4v) is 3.50. The Balaban J connectivity index is 2.08. The summed E-state index contributed by atoms with van der Waals surface area (Å²) in [6, 6.07) is 8.35. The number of methoxy groups -OCH3 is 1. The summed E-state index contributed by atoms with van der Waals surface area (Å²) in [5.74, 6) is 1.31. The number of carbonyl (C=O) groups is 1. The average Bonchev–Trinajstić information content (AvgIpc) is 3.13. The molecule has 1 fully saturated rings. The molecule has 0 spiro atoms. The van der Waals surface area contributed by atoms with Crippen LogP contribution >= 0.6 is 0 Å². The van der Waals surface area contributed by atoms with E-state index in [4.69, 9.17) is 4.74 Å². The van der Waals surface area contributed by atoms with Crippen molar-refractivity contribution in [2.45, 2.75) is 45.6 Å². The summed E-state index contributed by atoms with van der Waals surface area (Å²) in [6.45, 7) is 6.89. The molecule has 1 unspecified atom stereocenters. The van der Waals surface area contributed by atoms with Gasteiger partial charge in [-0.3, -0.25) is 9.69 Å². The molecular weight excluding hydrogens is 288 g/mol. The second kappa shape index (κ2) is 8.92. The van der Waals surface area contributed by atoms with Gasteiger partial charge in [0.2, 0.25) is 5.91 Å². The van der Waals surface area contributed by atoms with Gasteiger partial charge in [0.15, 0.2) is 0 Å². The molecule has 128 valence electrons. The van der Waals surface area contributed by atoms with E-state index in [9.17, 15) is 4.79 Å². The molecule has 0 aromatic heterocycles. The normalized spacial score (nSPS) is 16.5. The van der Waals surface area contributed by atoms with Crippen LogP contribution in [0.1, 0.15) is 51.1 Å². The van der Waals surface area contributed by atoms with Crippen LogP contribution < -0.4 is 10.1 Å². The molecule has 1 saturated carbocycles. The zero-order valence-electron chi connectivity index (χ0n) is 14.7. The van der Waals surface area contributed by atoms with Crippen LogP contribution in [0.3, 0.4) is 0 Å². The molecule has 0 radical (unpaired) electrons. The second-order valence-electron chi connectivity index (χ2n) is 6.24. The van der Waals surface area contributed by atoms with Gasteiger partial charge in [0, 0.05) is 12.5 Å². The van der Waals surface area contributed by atoms with Gasteiger partial charge in [0.1, 0.15) is 5.75 Å². The van der Waals surface area contributed by atoms with E-state index in [1.807, 2.05) is 12.1 Å². The number of carbonyl (C=O) groups excluding carboxylic acids is 1. The number of hydrogen-bond donors (Lipinski definition) is 1. The molecule has 23 heavy (non-hydrogen) atoms. The highest BCUT2D eigenvalue weighted by Gasteiger charge is 2.25. The molecule has 2 rings (SSSR count). The zero-order valence-corrected chi connectivity index (χ0v) is 14.7. The number of likely N-dealkylation sites (N-methyl/N-ethyl adjacent to an activating group) is 1. The Morgan fingerprint density at radius 2 is 2.00 bits per heavy atom. The number of benzene rings is 1. The van der Waals surface area contributed by atoms with Crippen molar-refractivity contribution < 1.29 is 9.53 Å². The lowest BCUT2D eigenvalue weighted by atomic mass is 10.0. The Kier molecular flexibility index (Phi) is 6.90. The standard InChI is InChI=1S/C19H30N2O2/c1-4-21(5-2)18(16-11-8-12-17(13-16)23-3)14-20-19(22)15-9-6-7-10-15/h8,11-13,15,18H,4-7,9-10,14H2,1-3H3,(H,20,22).